The maximum atomic E-state index is 13.0. The summed E-state index contributed by atoms with van der Waals surface area (Å²) in [5.74, 6) is 0.411. The molecule has 3 heterocycles. The second-order valence-corrected chi connectivity index (χ2v) is 8.65. The van der Waals surface area contributed by atoms with Crippen molar-refractivity contribution in [1.82, 2.24) is 10.3 Å². The van der Waals surface area contributed by atoms with Crippen LogP contribution in [-0.4, -0.2) is 24.1 Å². The van der Waals surface area contributed by atoms with Crippen LogP contribution < -0.4 is 5.32 Å². The van der Waals surface area contributed by atoms with Crippen molar-refractivity contribution in [3.63, 3.8) is 0 Å². The maximum absolute atomic E-state index is 13.0. The molecule has 1 aliphatic rings. The summed E-state index contributed by atoms with van der Waals surface area (Å²) in [6, 6.07) is 10.0. The van der Waals surface area contributed by atoms with Gasteiger partial charge in [0.2, 0.25) is 0 Å². The Kier molecular flexibility index (Phi) is 5.33. The molecule has 4 nitrogen and oxygen atoms in total. The van der Waals surface area contributed by atoms with E-state index in [0.29, 0.717) is 11.5 Å². The highest BCUT2D eigenvalue weighted by atomic mass is 32.1. The van der Waals surface area contributed by atoms with E-state index in [9.17, 15) is 4.79 Å². The molecule has 1 fully saturated rings. The predicted molar refractivity (Wildman–Crippen MR) is 107 cm³/mol. The molecule has 6 heteroatoms. The molecule has 0 radical (unpaired) electrons. The third-order valence-corrected chi connectivity index (χ3v) is 6.99. The lowest BCUT2D eigenvalue weighted by molar-refractivity contribution is 0.0518. The number of benzene rings is 1. The molecule has 136 valence electrons. The summed E-state index contributed by atoms with van der Waals surface area (Å²) in [5, 5.41) is 6.47. The number of thiophene rings is 1. The van der Waals surface area contributed by atoms with E-state index >= 15 is 0 Å². The molecule has 26 heavy (non-hydrogen) atoms. The Morgan fingerprint density at radius 1 is 1.35 bits per heavy atom. The minimum Gasteiger partial charge on any atom is -0.381 e. The van der Waals surface area contributed by atoms with Gasteiger partial charge in [0, 0.05) is 23.7 Å². The fourth-order valence-corrected chi connectivity index (χ4v) is 5.24. The number of hydrogen-bond acceptors (Lipinski definition) is 5. The predicted octanol–water partition coefficient (Wildman–Crippen LogP) is 4.82. The van der Waals surface area contributed by atoms with Gasteiger partial charge in [-0.1, -0.05) is 13.0 Å². The van der Waals surface area contributed by atoms with Crippen molar-refractivity contribution in [2.75, 3.05) is 13.2 Å². The Hall–Kier alpha value is -1.76. The van der Waals surface area contributed by atoms with Crippen LogP contribution in [0.1, 0.15) is 46.0 Å². The van der Waals surface area contributed by atoms with Crippen LogP contribution in [0.2, 0.25) is 0 Å². The quantitative estimate of drug-likeness (QED) is 0.684. The lowest BCUT2D eigenvalue weighted by Crippen LogP contribution is -2.35. The lowest BCUT2D eigenvalue weighted by atomic mass is 9.90. The highest BCUT2D eigenvalue weighted by Crippen LogP contribution is 2.33. The van der Waals surface area contributed by atoms with Crippen molar-refractivity contribution in [2.24, 2.45) is 5.92 Å². The molecule has 1 aromatic carbocycles. The molecule has 1 N–H and O–H groups in total. The second kappa shape index (κ2) is 7.86. The van der Waals surface area contributed by atoms with Gasteiger partial charge in [0.1, 0.15) is 0 Å². The SMILES string of the molecule is CCc1nc2ccc(C(=O)NC(c3cccs3)C3CCOCC3)cc2s1. The second-order valence-electron chi connectivity index (χ2n) is 6.56. The van der Waals surface area contributed by atoms with Gasteiger partial charge >= 0.3 is 0 Å². The molecule has 0 bridgehead atoms. The lowest BCUT2D eigenvalue weighted by Gasteiger charge is -2.30. The summed E-state index contributed by atoms with van der Waals surface area (Å²) < 4.78 is 6.58. The maximum Gasteiger partial charge on any atom is 0.251 e. The smallest absolute Gasteiger partial charge is 0.251 e. The molecular formula is C20H22N2O2S2. The highest BCUT2D eigenvalue weighted by molar-refractivity contribution is 7.18. The highest BCUT2D eigenvalue weighted by Gasteiger charge is 2.28. The van der Waals surface area contributed by atoms with Crippen molar-refractivity contribution in [1.29, 1.82) is 0 Å². The van der Waals surface area contributed by atoms with Crippen LogP contribution in [0.25, 0.3) is 10.2 Å². The number of nitrogens with one attached hydrogen (secondary N) is 1. The van der Waals surface area contributed by atoms with E-state index < -0.39 is 0 Å². The van der Waals surface area contributed by atoms with Gasteiger partial charge in [-0.3, -0.25) is 4.79 Å². The van der Waals surface area contributed by atoms with Gasteiger partial charge in [-0.25, -0.2) is 4.98 Å². The standard InChI is InChI=1S/C20H22N2O2S2/c1-2-18-21-15-6-5-14(12-17(15)26-18)20(23)22-19(16-4-3-11-25-16)13-7-9-24-10-8-13/h3-6,11-13,19H,2,7-10H2,1H3,(H,22,23). The van der Waals surface area contributed by atoms with Crippen molar-refractivity contribution in [3.05, 3.63) is 51.2 Å². The molecule has 1 saturated heterocycles. The number of amides is 1. The summed E-state index contributed by atoms with van der Waals surface area (Å²) in [6.07, 6.45) is 2.89. The molecule has 1 aliphatic heterocycles. The number of rotatable bonds is 5. The Labute approximate surface area is 161 Å². The van der Waals surface area contributed by atoms with Gasteiger partial charge in [0.05, 0.1) is 21.3 Å². The monoisotopic (exact) mass is 386 g/mol. The first-order valence-electron chi connectivity index (χ1n) is 9.06. The van der Waals surface area contributed by atoms with Crippen molar-refractivity contribution >= 4 is 38.8 Å². The van der Waals surface area contributed by atoms with Crippen LogP contribution in [0, 0.1) is 5.92 Å². The average Bonchev–Trinajstić information content (AvgIpc) is 3.35. The number of carbonyl (C=O) groups is 1. The number of aromatic nitrogens is 1. The Morgan fingerprint density at radius 3 is 2.92 bits per heavy atom. The fraction of sp³-hybridized carbons (Fsp3) is 0.400. The zero-order valence-corrected chi connectivity index (χ0v) is 16.4. The molecule has 2 aromatic heterocycles. The van der Waals surface area contributed by atoms with Crippen LogP contribution in [0.5, 0.6) is 0 Å². The number of hydrogen-bond donors (Lipinski definition) is 1. The van der Waals surface area contributed by atoms with Crippen molar-refractivity contribution in [2.45, 2.75) is 32.2 Å². The average molecular weight is 387 g/mol. The Bertz CT molecular complexity index is 882. The molecule has 4 rings (SSSR count). The van der Waals surface area contributed by atoms with Gasteiger partial charge in [-0.05, 0) is 54.8 Å². The topological polar surface area (TPSA) is 51.2 Å². The normalized spacial score (nSPS) is 16.7. The summed E-state index contributed by atoms with van der Waals surface area (Å²) in [4.78, 5) is 18.8. The minimum absolute atomic E-state index is 0.0109. The zero-order valence-electron chi connectivity index (χ0n) is 14.7. The van der Waals surface area contributed by atoms with Gasteiger partial charge < -0.3 is 10.1 Å². The van der Waals surface area contributed by atoms with Crippen LogP contribution in [-0.2, 0) is 11.2 Å². The van der Waals surface area contributed by atoms with Crippen LogP contribution in [0.4, 0.5) is 0 Å². The third kappa shape index (κ3) is 3.68. The molecule has 1 atom stereocenters. The zero-order chi connectivity index (χ0) is 17.9. The molecular weight excluding hydrogens is 364 g/mol. The number of ether oxygens (including phenoxy) is 1. The minimum atomic E-state index is -0.0109. The number of fused-ring (bicyclic) bond motifs is 1. The fourth-order valence-electron chi connectivity index (χ4n) is 3.43. The largest absolute Gasteiger partial charge is 0.381 e. The summed E-state index contributed by atoms with van der Waals surface area (Å²) in [6.45, 7) is 3.65. The Balaban J connectivity index is 1.57. The van der Waals surface area contributed by atoms with Crippen molar-refractivity contribution in [3.8, 4) is 0 Å². The van der Waals surface area contributed by atoms with Crippen LogP contribution >= 0.6 is 22.7 Å². The van der Waals surface area contributed by atoms with E-state index in [1.54, 1.807) is 22.7 Å². The molecule has 0 aliphatic carbocycles. The molecule has 0 spiro atoms. The molecule has 1 unspecified atom stereocenters. The molecule has 1 amide bonds. The van der Waals surface area contributed by atoms with Gasteiger partial charge in [-0.2, -0.15) is 0 Å². The third-order valence-electron chi connectivity index (χ3n) is 4.87. The van der Waals surface area contributed by atoms with E-state index in [2.05, 4.69) is 28.7 Å². The number of nitrogens with zero attached hydrogens (tertiary/aromatic N) is 1. The first-order chi connectivity index (χ1) is 12.7. The number of carbonyl (C=O) groups excluding carboxylic acids is 1. The van der Waals surface area contributed by atoms with E-state index in [1.165, 1.54) is 4.88 Å². The molecule has 3 aromatic rings. The summed E-state index contributed by atoms with van der Waals surface area (Å²) in [5.41, 5.74) is 1.68. The summed E-state index contributed by atoms with van der Waals surface area (Å²) >= 11 is 3.38. The first kappa shape index (κ1) is 17.6. The summed E-state index contributed by atoms with van der Waals surface area (Å²) in [7, 11) is 0. The van der Waals surface area contributed by atoms with Gasteiger partial charge in [0.15, 0.2) is 0 Å². The van der Waals surface area contributed by atoms with E-state index in [-0.39, 0.29) is 11.9 Å². The molecule has 0 saturated carbocycles. The van der Waals surface area contributed by atoms with Crippen LogP contribution in [0.3, 0.4) is 0 Å². The van der Waals surface area contributed by atoms with Crippen molar-refractivity contribution < 1.29 is 9.53 Å². The Morgan fingerprint density at radius 2 is 2.19 bits per heavy atom. The van der Waals surface area contributed by atoms with E-state index in [4.69, 9.17) is 4.74 Å². The number of thiazole rings is 1. The van der Waals surface area contributed by atoms with E-state index in [1.807, 2.05) is 24.3 Å². The first-order valence-corrected chi connectivity index (χ1v) is 10.8. The van der Waals surface area contributed by atoms with Gasteiger partial charge in [-0.15, -0.1) is 22.7 Å². The van der Waals surface area contributed by atoms with E-state index in [0.717, 1.165) is 47.7 Å². The van der Waals surface area contributed by atoms with Gasteiger partial charge in [0.25, 0.3) is 5.91 Å². The van der Waals surface area contributed by atoms with Crippen LogP contribution in [0.15, 0.2) is 35.7 Å². The number of aryl methyl sites for hydroxylation is 1.